The van der Waals surface area contributed by atoms with E-state index in [4.69, 9.17) is 9.15 Å². The van der Waals surface area contributed by atoms with E-state index >= 15 is 0 Å². The van der Waals surface area contributed by atoms with E-state index in [2.05, 4.69) is 35.2 Å². The molecule has 0 saturated carbocycles. The Morgan fingerprint density at radius 2 is 1.81 bits per heavy atom. The second kappa shape index (κ2) is 6.61. The number of hydrogen-bond donors (Lipinski definition) is 0. The van der Waals surface area contributed by atoms with Crippen LogP contribution in [0.15, 0.2) is 45.6 Å². The van der Waals surface area contributed by atoms with Gasteiger partial charge in [-0.15, -0.1) is 0 Å². The smallest absolute Gasteiger partial charge is 0.339 e. The summed E-state index contributed by atoms with van der Waals surface area (Å²) in [5, 5.41) is 1.01. The van der Waals surface area contributed by atoms with E-state index in [9.17, 15) is 4.79 Å². The van der Waals surface area contributed by atoms with Crippen molar-refractivity contribution in [2.24, 2.45) is 0 Å². The largest absolute Gasteiger partial charge is 0.477 e. The highest BCUT2D eigenvalue weighted by Gasteiger charge is 2.23. The minimum absolute atomic E-state index is 0.265. The molecule has 2 heterocycles. The molecule has 0 fully saturated rings. The van der Waals surface area contributed by atoms with Gasteiger partial charge in [-0.3, -0.25) is 4.90 Å². The number of fused-ring (bicyclic) bond motifs is 2. The summed E-state index contributed by atoms with van der Waals surface area (Å²) in [5.74, 6) is 0.861. The van der Waals surface area contributed by atoms with E-state index in [0.717, 1.165) is 47.3 Å². The zero-order valence-electron chi connectivity index (χ0n) is 15.5. The Hall–Kier alpha value is -2.59. The molecule has 0 bridgehead atoms. The summed E-state index contributed by atoms with van der Waals surface area (Å²) in [4.78, 5) is 14.3. The quantitative estimate of drug-likeness (QED) is 0.667. The van der Waals surface area contributed by atoms with Crippen LogP contribution in [0.25, 0.3) is 11.0 Å². The zero-order valence-corrected chi connectivity index (χ0v) is 15.5. The number of ether oxygens (including phenoxy) is 1. The molecule has 4 rings (SSSR count). The van der Waals surface area contributed by atoms with Crippen LogP contribution in [0.1, 0.15) is 27.8 Å². The van der Waals surface area contributed by atoms with Gasteiger partial charge < -0.3 is 9.15 Å². The van der Waals surface area contributed by atoms with Gasteiger partial charge in [0.2, 0.25) is 0 Å². The highest BCUT2D eigenvalue weighted by atomic mass is 16.5. The number of hydrogen-bond acceptors (Lipinski definition) is 4. The number of benzene rings is 2. The first kappa shape index (κ1) is 16.9. The van der Waals surface area contributed by atoms with Crippen molar-refractivity contribution >= 4 is 11.0 Å². The van der Waals surface area contributed by atoms with Crippen LogP contribution in [0.4, 0.5) is 0 Å². The molecule has 1 aromatic heterocycles. The Kier molecular flexibility index (Phi) is 4.29. The topological polar surface area (TPSA) is 42.7 Å². The summed E-state index contributed by atoms with van der Waals surface area (Å²) >= 11 is 0. The maximum absolute atomic E-state index is 12.0. The molecule has 26 heavy (non-hydrogen) atoms. The van der Waals surface area contributed by atoms with Crippen LogP contribution in [0.3, 0.4) is 0 Å². The molecule has 0 N–H and O–H groups in total. The lowest BCUT2D eigenvalue weighted by Crippen LogP contribution is -2.34. The molecule has 4 nitrogen and oxygen atoms in total. The SMILES string of the molecule is Cc1c(C)c2cc3c(c(C)c2oc1=O)OCN(CCc1ccccc1)C3. The Bertz CT molecular complexity index is 1020. The van der Waals surface area contributed by atoms with Gasteiger partial charge in [0.05, 0.1) is 0 Å². The first-order chi connectivity index (χ1) is 12.5. The molecule has 1 aliphatic rings. The van der Waals surface area contributed by atoms with E-state index in [1.807, 2.05) is 26.8 Å². The van der Waals surface area contributed by atoms with Crippen molar-refractivity contribution in [2.75, 3.05) is 13.3 Å². The third-order valence-electron chi connectivity index (χ3n) is 5.35. The van der Waals surface area contributed by atoms with Gasteiger partial charge in [-0.25, -0.2) is 4.79 Å². The van der Waals surface area contributed by atoms with Crippen molar-refractivity contribution in [2.45, 2.75) is 33.7 Å². The van der Waals surface area contributed by atoms with E-state index < -0.39 is 0 Å². The number of nitrogens with zero attached hydrogens (tertiary/aromatic N) is 1. The molecule has 0 radical (unpaired) electrons. The van der Waals surface area contributed by atoms with Crippen molar-refractivity contribution in [3.63, 3.8) is 0 Å². The van der Waals surface area contributed by atoms with Crippen molar-refractivity contribution in [1.29, 1.82) is 0 Å². The second-order valence-corrected chi connectivity index (χ2v) is 7.07. The minimum Gasteiger partial charge on any atom is -0.477 e. The maximum atomic E-state index is 12.0. The van der Waals surface area contributed by atoms with Crippen LogP contribution in [-0.2, 0) is 13.0 Å². The van der Waals surface area contributed by atoms with Gasteiger partial charge in [0, 0.05) is 35.2 Å². The van der Waals surface area contributed by atoms with E-state index in [1.165, 1.54) is 5.56 Å². The van der Waals surface area contributed by atoms with E-state index in [-0.39, 0.29) is 5.63 Å². The fourth-order valence-corrected chi connectivity index (χ4v) is 3.62. The molecule has 134 valence electrons. The molecule has 4 heteroatoms. The highest BCUT2D eigenvalue weighted by Crippen LogP contribution is 2.36. The molecular formula is C22H23NO3. The monoisotopic (exact) mass is 349 g/mol. The Morgan fingerprint density at radius 3 is 2.58 bits per heavy atom. The Morgan fingerprint density at radius 1 is 1.04 bits per heavy atom. The van der Waals surface area contributed by atoms with Gasteiger partial charge in [-0.05, 0) is 44.4 Å². The summed E-state index contributed by atoms with van der Waals surface area (Å²) in [6.45, 7) is 8.12. The second-order valence-electron chi connectivity index (χ2n) is 7.07. The minimum atomic E-state index is -0.265. The highest BCUT2D eigenvalue weighted by molar-refractivity contribution is 5.87. The summed E-state index contributed by atoms with van der Waals surface area (Å²) < 4.78 is 11.6. The summed E-state index contributed by atoms with van der Waals surface area (Å²) in [7, 11) is 0. The first-order valence-electron chi connectivity index (χ1n) is 9.00. The van der Waals surface area contributed by atoms with Crippen molar-refractivity contribution in [3.8, 4) is 5.75 Å². The average Bonchev–Trinajstić information content (AvgIpc) is 2.66. The molecule has 0 aliphatic carbocycles. The molecule has 0 amide bonds. The van der Waals surface area contributed by atoms with Crippen LogP contribution < -0.4 is 10.4 Å². The van der Waals surface area contributed by atoms with Gasteiger partial charge in [-0.1, -0.05) is 30.3 Å². The van der Waals surface area contributed by atoms with Crippen molar-refractivity contribution < 1.29 is 9.15 Å². The van der Waals surface area contributed by atoms with Gasteiger partial charge in [0.25, 0.3) is 0 Å². The lowest BCUT2D eigenvalue weighted by Gasteiger charge is -2.30. The molecule has 0 unspecified atom stereocenters. The number of rotatable bonds is 3. The summed E-state index contributed by atoms with van der Waals surface area (Å²) in [5.41, 5.74) is 5.46. The van der Waals surface area contributed by atoms with Crippen molar-refractivity contribution in [3.05, 3.63) is 74.6 Å². The van der Waals surface area contributed by atoms with E-state index in [1.54, 1.807) is 0 Å². The standard InChI is InChI=1S/C22H23NO3/c1-14-15(2)22(24)26-21-16(3)20-18(11-19(14)21)12-23(13-25-20)10-9-17-7-5-4-6-8-17/h4-8,11H,9-10,12-13H2,1-3H3. The molecule has 0 atom stereocenters. The predicted molar refractivity (Wildman–Crippen MR) is 103 cm³/mol. The Balaban J connectivity index is 1.64. The molecule has 0 spiro atoms. The third kappa shape index (κ3) is 2.90. The van der Waals surface area contributed by atoms with Gasteiger partial charge in [0.15, 0.2) is 0 Å². The molecule has 0 saturated heterocycles. The predicted octanol–water partition coefficient (Wildman–Crippen LogP) is 4.11. The van der Waals surface area contributed by atoms with Gasteiger partial charge in [-0.2, -0.15) is 0 Å². The van der Waals surface area contributed by atoms with Crippen LogP contribution in [0.5, 0.6) is 5.75 Å². The van der Waals surface area contributed by atoms with Gasteiger partial charge in [0.1, 0.15) is 18.1 Å². The van der Waals surface area contributed by atoms with Gasteiger partial charge >= 0.3 is 5.63 Å². The third-order valence-corrected chi connectivity index (χ3v) is 5.35. The molecule has 2 aromatic carbocycles. The zero-order chi connectivity index (χ0) is 18.3. The van der Waals surface area contributed by atoms with Crippen LogP contribution in [-0.4, -0.2) is 18.2 Å². The fraction of sp³-hybridized carbons (Fsp3) is 0.318. The van der Waals surface area contributed by atoms with Crippen molar-refractivity contribution in [1.82, 2.24) is 4.90 Å². The maximum Gasteiger partial charge on any atom is 0.339 e. The summed E-state index contributed by atoms with van der Waals surface area (Å²) in [6, 6.07) is 12.6. The molecule has 3 aromatic rings. The first-order valence-corrected chi connectivity index (χ1v) is 9.00. The van der Waals surface area contributed by atoms with Crippen LogP contribution in [0.2, 0.25) is 0 Å². The average molecular weight is 349 g/mol. The Labute approximate surface area is 153 Å². The van der Waals surface area contributed by atoms with Crippen LogP contribution >= 0.6 is 0 Å². The molecule has 1 aliphatic heterocycles. The molecular weight excluding hydrogens is 326 g/mol. The normalized spacial score (nSPS) is 14.3. The van der Waals surface area contributed by atoms with Crippen LogP contribution in [0, 0.1) is 20.8 Å². The lowest BCUT2D eigenvalue weighted by atomic mass is 9.99. The van der Waals surface area contributed by atoms with E-state index in [0.29, 0.717) is 17.9 Å². The fourth-order valence-electron chi connectivity index (χ4n) is 3.62. The lowest BCUT2D eigenvalue weighted by molar-refractivity contribution is 0.0959. The summed E-state index contributed by atoms with van der Waals surface area (Å²) in [6.07, 6.45) is 0.999. The number of aryl methyl sites for hydroxylation is 2.